The summed E-state index contributed by atoms with van der Waals surface area (Å²) in [6.07, 6.45) is 3.71. The Morgan fingerprint density at radius 2 is 1.94 bits per heavy atom. The number of aliphatic carboxylic acids is 1. The quantitative estimate of drug-likeness (QED) is 0.812. The average Bonchev–Trinajstić information content (AvgIpc) is 3.19. The molecule has 2 N–H and O–H groups in total. The number of hydrogen-bond donors (Lipinski definition) is 2. The van der Waals surface area contributed by atoms with Crippen LogP contribution in [0.3, 0.4) is 0 Å². The molecule has 1 aromatic rings. The molecule has 98 valence electrons. The minimum atomic E-state index is -0.923. The van der Waals surface area contributed by atoms with Crippen molar-refractivity contribution in [3.63, 3.8) is 0 Å². The van der Waals surface area contributed by atoms with Crippen molar-refractivity contribution >= 4 is 5.97 Å². The molecule has 0 amide bonds. The van der Waals surface area contributed by atoms with Gasteiger partial charge in [-0.15, -0.1) is 0 Å². The summed E-state index contributed by atoms with van der Waals surface area (Å²) in [6.45, 7) is 4.03. The molecule has 0 aromatic heterocycles. The van der Waals surface area contributed by atoms with Crippen molar-refractivity contribution in [2.24, 2.45) is 0 Å². The predicted molar refractivity (Wildman–Crippen MR) is 71.6 cm³/mol. The normalized spacial score (nSPS) is 18.3. The van der Waals surface area contributed by atoms with Crippen molar-refractivity contribution in [1.82, 2.24) is 5.32 Å². The summed E-state index contributed by atoms with van der Waals surface area (Å²) < 4.78 is 0. The molecular formula is C15H21NO2. The van der Waals surface area contributed by atoms with E-state index in [-0.39, 0.29) is 0 Å². The maximum Gasteiger partial charge on any atom is 0.328 e. The topological polar surface area (TPSA) is 49.3 Å². The fraction of sp³-hybridized carbons (Fsp3) is 0.533. The summed E-state index contributed by atoms with van der Waals surface area (Å²) in [5.41, 5.74) is 1.18. The van der Waals surface area contributed by atoms with Crippen LogP contribution in [0.15, 0.2) is 24.3 Å². The second-order valence-electron chi connectivity index (χ2n) is 5.03. The molecule has 1 atom stereocenters. The van der Waals surface area contributed by atoms with Gasteiger partial charge in [0.1, 0.15) is 5.54 Å². The van der Waals surface area contributed by atoms with Gasteiger partial charge in [-0.2, -0.15) is 0 Å². The Balaban J connectivity index is 2.33. The van der Waals surface area contributed by atoms with Crippen LogP contribution in [0.2, 0.25) is 0 Å². The zero-order chi connectivity index (χ0) is 13.2. The molecule has 1 aliphatic rings. The first-order valence-corrected chi connectivity index (χ1v) is 6.73. The van der Waals surface area contributed by atoms with Crippen LogP contribution in [0.1, 0.15) is 44.2 Å². The number of nitrogens with one attached hydrogen (secondary N) is 1. The lowest BCUT2D eigenvalue weighted by atomic mass is 9.86. The van der Waals surface area contributed by atoms with Gasteiger partial charge in [0.05, 0.1) is 0 Å². The molecule has 18 heavy (non-hydrogen) atoms. The van der Waals surface area contributed by atoms with Crippen LogP contribution in [0.4, 0.5) is 0 Å². The van der Waals surface area contributed by atoms with Gasteiger partial charge in [-0.1, -0.05) is 38.1 Å². The minimum absolute atomic E-state index is 0.368. The van der Waals surface area contributed by atoms with Crippen LogP contribution < -0.4 is 5.32 Å². The van der Waals surface area contributed by atoms with Gasteiger partial charge in [-0.05, 0) is 36.8 Å². The predicted octanol–water partition coefficient (Wildman–Crippen LogP) is 2.69. The molecule has 1 saturated carbocycles. The molecule has 1 aliphatic carbocycles. The number of carbonyl (C=O) groups is 1. The lowest BCUT2D eigenvalue weighted by Gasteiger charge is -2.30. The molecule has 1 fully saturated rings. The van der Waals surface area contributed by atoms with Gasteiger partial charge in [0.2, 0.25) is 0 Å². The van der Waals surface area contributed by atoms with Crippen molar-refractivity contribution in [2.75, 3.05) is 0 Å². The van der Waals surface area contributed by atoms with Gasteiger partial charge in [-0.25, -0.2) is 4.79 Å². The number of rotatable bonds is 6. The highest BCUT2D eigenvalue weighted by molar-refractivity contribution is 5.81. The Labute approximate surface area is 108 Å². The standard InChI is InChI=1S/C15H21NO2/c1-3-11-5-7-12(8-6-11)15(4-2,14(17)18)16-13-9-10-13/h5-8,13,16H,3-4,9-10H2,1-2H3,(H,17,18). The molecule has 0 spiro atoms. The highest BCUT2D eigenvalue weighted by Gasteiger charge is 2.42. The highest BCUT2D eigenvalue weighted by Crippen LogP contribution is 2.31. The average molecular weight is 247 g/mol. The van der Waals surface area contributed by atoms with E-state index < -0.39 is 11.5 Å². The van der Waals surface area contributed by atoms with E-state index in [4.69, 9.17) is 0 Å². The van der Waals surface area contributed by atoms with Crippen molar-refractivity contribution < 1.29 is 9.90 Å². The van der Waals surface area contributed by atoms with Crippen LogP contribution in [-0.4, -0.2) is 17.1 Å². The van der Waals surface area contributed by atoms with Gasteiger partial charge in [0.25, 0.3) is 0 Å². The Kier molecular flexibility index (Phi) is 3.71. The van der Waals surface area contributed by atoms with Crippen molar-refractivity contribution in [1.29, 1.82) is 0 Å². The molecule has 2 rings (SSSR count). The van der Waals surface area contributed by atoms with Gasteiger partial charge in [0, 0.05) is 6.04 Å². The summed E-state index contributed by atoms with van der Waals surface area (Å²) in [5.74, 6) is -0.777. The first kappa shape index (κ1) is 13.1. The lowest BCUT2D eigenvalue weighted by Crippen LogP contribution is -2.49. The summed E-state index contributed by atoms with van der Waals surface area (Å²) in [6, 6.07) is 8.32. The van der Waals surface area contributed by atoms with E-state index in [1.165, 1.54) is 5.56 Å². The van der Waals surface area contributed by atoms with E-state index in [1.807, 2.05) is 31.2 Å². The number of aryl methyl sites for hydroxylation is 1. The van der Waals surface area contributed by atoms with E-state index in [0.29, 0.717) is 12.5 Å². The fourth-order valence-electron chi connectivity index (χ4n) is 2.33. The van der Waals surface area contributed by atoms with Gasteiger partial charge < -0.3 is 5.11 Å². The van der Waals surface area contributed by atoms with Gasteiger partial charge in [-0.3, -0.25) is 5.32 Å². The molecule has 0 saturated heterocycles. The third-order valence-corrected chi connectivity index (χ3v) is 3.78. The molecule has 0 radical (unpaired) electrons. The second-order valence-corrected chi connectivity index (χ2v) is 5.03. The zero-order valence-electron chi connectivity index (χ0n) is 11.1. The molecule has 3 nitrogen and oxygen atoms in total. The Bertz CT molecular complexity index is 423. The van der Waals surface area contributed by atoms with Crippen LogP contribution in [-0.2, 0) is 16.8 Å². The smallest absolute Gasteiger partial charge is 0.328 e. The summed E-state index contributed by atoms with van der Waals surface area (Å²) in [4.78, 5) is 11.7. The fourth-order valence-corrected chi connectivity index (χ4v) is 2.33. The van der Waals surface area contributed by atoms with Crippen LogP contribution in [0.5, 0.6) is 0 Å². The van der Waals surface area contributed by atoms with Gasteiger partial charge in [0.15, 0.2) is 0 Å². The summed E-state index contributed by atoms with van der Waals surface area (Å²) >= 11 is 0. The maximum atomic E-state index is 11.7. The zero-order valence-corrected chi connectivity index (χ0v) is 11.1. The Morgan fingerprint density at radius 3 is 2.33 bits per heavy atom. The van der Waals surface area contributed by atoms with E-state index in [9.17, 15) is 9.90 Å². The van der Waals surface area contributed by atoms with Crippen LogP contribution >= 0.6 is 0 Å². The first-order valence-electron chi connectivity index (χ1n) is 6.73. The molecular weight excluding hydrogens is 226 g/mol. The monoisotopic (exact) mass is 247 g/mol. The van der Waals surface area contributed by atoms with Crippen LogP contribution in [0, 0.1) is 0 Å². The molecule has 0 bridgehead atoms. The molecule has 1 unspecified atom stereocenters. The van der Waals surface area contributed by atoms with E-state index in [2.05, 4.69) is 12.2 Å². The third kappa shape index (κ3) is 2.41. The first-order chi connectivity index (χ1) is 8.62. The third-order valence-electron chi connectivity index (χ3n) is 3.78. The molecule has 1 aromatic carbocycles. The minimum Gasteiger partial charge on any atom is -0.480 e. The van der Waals surface area contributed by atoms with E-state index >= 15 is 0 Å². The molecule has 3 heteroatoms. The maximum absolute atomic E-state index is 11.7. The van der Waals surface area contributed by atoms with Crippen molar-refractivity contribution in [3.05, 3.63) is 35.4 Å². The summed E-state index contributed by atoms with van der Waals surface area (Å²) in [7, 11) is 0. The number of hydrogen-bond acceptors (Lipinski definition) is 2. The summed E-state index contributed by atoms with van der Waals surface area (Å²) in [5, 5.41) is 12.9. The molecule has 0 aliphatic heterocycles. The number of carboxylic acid groups (broad SMARTS) is 1. The second kappa shape index (κ2) is 5.11. The Morgan fingerprint density at radius 1 is 1.33 bits per heavy atom. The SMILES string of the molecule is CCc1ccc(C(CC)(NC2CC2)C(=O)O)cc1. The van der Waals surface area contributed by atoms with Crippen molar-refractivity contribution in [2.45, 2.75) is 51.1 Å². The molecule has 0 heterocycles. The van der Waals surface area contributed by atoms with E-state index in [1.54, 1.807) is 0 Å². The number of carboxylic acids is 1. The number of benzene rings is 1. The Hall–Kier alpha value is -1.35. The van der Waals surface area contributed by atoms with Crippen molar-refractivity contribution in [3.8, 4) is 0 Å². The van der Waals surface area contributed by atoms with Gasteiger partial charge >= 0.3 is 5.97 Å². The van der Waals surface area contributed by atoms with E-state index in [0.717, 1.165) is 24.8 Å². The largest absolute Gasteiger partial charge is 0.480 e. The van der Waals surface area contributed by atoms with Crippen LogP contribution in [0.25, 0.3) is 0 Å². The highest BCUT2D eigenvalue weighted by atomic mass is 16.4. The lowest BCUT2D eigenvalue weighted by molar-refractivity contribution is -0.145.